The maximum Gasteiger partial charge on any atom is 0.226 e. The zero-order valence-electron chi connectivity index (χ0n) is 13.5. The molecule has 0 spiro atoms. The normalized spacial score (nSPS) is 17.0. The van der Waals surface area contributed by atoms with Gasteiger partial charge in [-0.1, -0.05) is 32.0 Å². The smallest absolute Gasteiger partial charge is 0.226 e. The minimum atomic E-state index is -0.0187. The van der Waals surface area contributed by atoms with Crippen molar-refractivity contribution in [3.05, 3.63) is 29.7 Å². The maximum atomic E-state index is 12.1. The fraction of sp³-hybridized carbons (Fsp3) is 0.500. The number of thioether (sulfide) groups is 1. The second-order valence-corrected chi connectivity index (χ2v) is 6.79. The third-order valence-electron chi connectivity index (χ3n) is 3.94. The van der Waals surface area contributed by atoms with Crippen LogP contribution in [0.2, 0.25) is 0 Å². The molecule has 3 rings (SSSR count). The summed E-state index contributed by atoms with van der Waals surface area (Å²) in [6.07, 6.45) is 8.08. The monoisotopic (exact) mass is 331 g/mol. The summed E-state index contributed by atoms with van der Waals surface area (Å²) < 4.78 is 1.89. The topological polar surface area (TPSA) is 72.7 Å². The molecule has 0 aromatic carbocycles. The molecule has 0 fully saturated rings. The molecule has 23 heavy (non-hydrogen) atoms. The van der Waals surface area contributed by atoms with Crippen LogP contribution in [0, 0.1) is 0 Å². The van der Waals surface area contributed by atoms with Crippen LogP contribution in [0.15, 0.2) is 23.7 Å². The molecule has 1 amide bonds. The SMILES string of the molecule is CCCCn1ncc2c1NC(=O)CC2c1cnc(SCC)nc1. The number of nitrogens with one attached hydrogen (secondary N) is 1. The van der Waals surface area contributed by atoms with Gasteiger partial charge in [0.15, 0.2) is 5.16 Å². The molecule has 0 saturated carbocycles. The number of rotatable bonds is 6. The summed E-state index contributed by atoms with van der Waals surface area (Å²) >= 11 is 1.61. The Morgan fingerprint density at radius 1 is 1.30 bits per heavy atom. The van der Waals surface area contributed by atoms with E-state index in [0.717, 1.165) is 47.2 Å². The lowest BCUT2D eigenvalue weighted by molar-refractivity contribution is -0.116. The summed E-state index contributed by atoms with van der Waals surface area (Å²) in [5, 5.41) is 8.19. The van der Waals surface area contributed by atoms with Crippen LogP contribution >= 0.6 is 11.8 Å². The summed E-state index contributed by atoms with van der Waals surface area (Å²) in [4.78, 5) is 20.9. The zero-order valence-corrected chi connectivity index (χ0v) is 14.3. The molecular formula is C16H21N5OS. The Bertz CT molecular complexity index is 682. The Labute approximate surface area is 140 Å². The van der Waals surface area contributed by atoms with Gasteiger partial charge in [0, 0.05) is 36.8 Å². The molecule has 0 bridgehead atoms. The van der Waals surface area contributed by atoms with E-state index >= 15 is 0 Å². The molecule has 0 saturated heterocycles. The predicted molar refractivity (Wildman–Crippen MR) is 90.7 cm³/mol. The molecule has 3 heterocycles. The molecule has 1 aliphatic rings. The van der Waals surface area contributed by atoms with Crippen molar-refractivity contribution < 1.29 is 4.79 Å². The average molecular weight is 331 g/mol. The number of fused-ring (bicyclic) bond motifs is 1. The first-order valence-corrected chi connectivity index (χ1v) is 9.01. The standard InChI is InChI=1S/C16H21N5OS/c1-3-5-6-21-15-13(10-19-21)12(7-14(22)20-15)11-8-17-16(18-9-11)23-4-2/h8-10,12H,3-7H2,1-2H3,(H,20,22). The van der Waals surface area contributed by atoms with Crippen molar-refractivity contribution >= 4 is 23.5 Å². The van der Waals surface area contributed by atoms with Crippen molar-refractivity contribution in [3.63, 3.8) is 0 Å². The molecule has 1 atom stereocenters. The molecule has 2 aromatic rings. The van der Waals surface area contributed by atoms with E-state index in [1.165, 1.54) is 0 Å². The zero-order chi connectivity index (χ0) is 16.2. The molecule has 1 aliphatic heterocycles. The lowest BCUT2D eigenvalue weighted by Gasteiger charge is -2.23. The summed E-state index contributed by atoms with van der Waals surface area (Å²) in [6.45, 7) is 5.04. The minimum absolute atomic E-state index is 0.0187. The third-order valence-corrected chi connectivity index (χ3v) is 4.70. The predicted octanol–water partition coefficient (Wildman–Crippen LogP) is 3.06. The lowest BCUT2D eigenvalue weighted by Crippen LogP contribution is -2.25. The van der Waals surface area contributed by atoms with Crippen LogP contribution in [0.3, 0.4) is 0 Å². The Balaban J connectivity index is 1.89. The van der Waals surface area contributed by atoms with E-state index in [0.29, 0.717) is 6.42 Å². The highest BCUT2D eigenvalue weighted by molar-refractivity contribution is 7.99. The van der Waals surface area contributed by atoms with Crippen molar-refractivity contribution in [3.8, 4) is 0 Å². The molecule has 0 aliphatic carbocycles. The van der Waals surface area contributed by atoms with Gasteiger partial charge in [0.2, 0.25) is 5.91 Å². The first-order valence-electron chi connectivity index (χ1n) is 8.03. The Morgan fingerprint density at radius 3 is 2.78 bits per heavy atom. The fourth-order valence-corrected chi connectivity index (χ4v) is 3.27. The summed E-state index contributed by atoms with van der Waals surface area (Å²) in [6, 6.07) is 0. The van der Waals surface area contributed by atoms with E-state index in [2.05, 4.69) is 34.2 Å². The molecule has 2 aromatic heterocycles. The Morgan fingerprint density at radius 2 is 2.09 bits per heavy atom. The lowest BCUT2D eigenvalue weighted by atomic mass is 9.89. The molecule has 7 heteroatoms. The quantitative estimate of drug-likeness (QED) is 0.650. The first-order chi connectivity index (χ1) is 11.2. The van der Waals surface area contributed by atoms with E-state index in [1.807, 2.05) is 23.3 Å². The van der Waals surface area contributed by atoms with Crippen molar-refractivity contribution in [1.29, 1.82) is 0 Å². The van der Waals surface area contributed by atoms with Gasteiger partial charge in [-0.25, -0.2) is 14.6 Å². The van der Waals surface area contributed by atoms with Gasteiger partial charge in [0.25, 0.3) is 0 Å². The molecule has 1 N–H and O–H groups in total. The van der Waals surface area contributed by atoms with E-state index < -0.39 is 0 Å². The van der Waals surface area contributed by atoms with Crippen molar-refractivity contribution in [2.45, 2.75) is 50.7 Å². The fourth-order valence-electron chi connectivity index (χ4n) is 2.75. The van der Waals surface area contributed by atoms with Gasteiger partial charge in [0.1, 0.15) is 5.82 Å². The van der Waals surface area contributed by atoms with Crippen LogP contribution in [0.1, 0.15) is 50.2 Å². The summed E-state index contributed by atoms with van der Waals surface area (Å²) in [5.74, 6) is 1.77. The van der Waals surface area contributed by atoms with Gasteiger partial charge in [-0.05, 0) is 17.7 Å². The Kier molecular flexibility index (Phi) is 4.95. The van der Waals surface area contributed by atoms with Crippen molar-refractivity contribution in [2.24, 2.45) is 0 Å². The van der Waals surface area contributed by atoms with Gasteiger partial charge in [-0.15, -0.1) is 0 Å². The highest BCUT2D eigenvalue weighted by atomic mass is 32.2. The highest BCUT2D eigenvalue weighted by Crippen LogP contribution is 2.36. The molecular weight excluding hydrogens is 310 g/mol. The van der Waals surface area contributed by atoms with E-state index in [4.69, 9.17) is 0 Å². The second-order valence-electron chi connectivity index (χ2n) is 5.56. The van der Waals surface area contributed by atoms with Crippen LogP contribution in [0.5, 0.6) is 0 Å². The van der Waals surface area contributed by atoms with Crippen LogP contribution in [0.4, 0.5) is 5.82 Å². The van der Waals surface area contributed by atoms with Gasteiger partial charge >= 0.3 is 0 Å². The number of amides is 1. The van der Waals surface area contributed by atoms with Gasteiger partial charge < -0.3 is 5.32 Å². The highest BCUT2D eigenvalue weighted by Gasteiger charge is 2.30. The van der Waals surface area contributed by atoms with E-state index in [9.17, 15) is 4.79 Å². The van der Waals surface area contributed by atoms with Gasteiger partial charge in [-0.3, -0.25) is 4.79 Å². The molecule has 1 unspecified atom stereocenters. The van der Waals surface area contributed by atoms with Crippen LogP contribution < -0.4 is 5.32 Å². The summed E-state index contributed by atoms with van der Waals surface area (Å²) in [7, 11) is 0. The second kappa shape index (κ2) is 7.12. The molecule has 0 radical (unpaired) electrons. The third kappa shape index (κ3) is 3.39. The number of anilines is 1. The summed E-state index contributed by atoms with van der Waals surface area (Å²) in [5.41, 5.74) is 2.02. The van der Waals surface area contributed by atoms with Crippen LogP contribution in [-0.2, 0) is 11.3 Å². The van der Waals surface area contributed by atoms with Crippen LogP contribution in [-0.4, -0.2) is 31.4 Å². The number of carbonyl (C=O) groups is 1. The number of aryl methyl sites for hydroxylation is 1. The van der Waals surface area contributed by atoms with Gasteiger partial charge in [0.05, 0.1) is 6.20 Å². The molecule has 6 nitrogen and oxygen atoms in total. The first kappa shape index (κ1) is 16.0. The minimum Gasteiger partial charge on any atom is -0.311 e. The van der Waals surface area contributed by atoms with Crippen molar-refractivity contribution in [2.75, 3.05) is 11.1 Å². The van der Waals surface area contributed by atoms with E-state index in [-0.39, 0.29) is 11.8 Å². The number of hydrogen-bond acceptors (Lipinski definition) is 5. The Hall–Kier alpha value is -1.89. The maximum absolute atomic E-state index is 12.1. The van der Waals surface area contributed by atoms with Crippen molar-refractivity contribution in [1.82, 2.24) is 19.7 Å². The van der Waals surface area contributed by atoms with Crippen LogP contribution in [0.25, 0.3) is 0 Å². The number of aromatic nitrogens is 4. The number of unbranched alkanes of at least 4 members (excludes halogenated alkanes) is 1. The number of hydrogen-bond donors (Lipinski definition) is 1. The van der Waals surface area contributed by atoms with E-state index in [1.54, 1.807) is 11.8 Å². The number of carbonyl (C=O) groups excluding carboxylic acids is 1. The van der Waals surface area contributed by atoms with Gasteiger partial charge in [-0.2, -0.15) is 5.10 Å². The number of nitrogens with zero attached hydrogens (tertiary/aromatic N) is 4. The molecule has 122 valence electrons. The average Bonchev–Trinajstić information content (AvgIpc) is 2.96. The largest absolute Gasteiger partial charge is 0.311 e.